The van der Waals surface area contributed by atoms with Crippen molar-refractivity contribution in [2.45, 2.75) is 19.4 Å². The third kappa shape index (κ3) is 2.94. The number of nitrogens with two attached hydrogens (primary N) is 1. The van der Waals surface area contributed by atoms with Crippen LogP contribution in [-0.2, 0) is 4.79 Å². The summed E-state index contributed by atoms with van der Waals surface area (Å²) < 4.78 is 18.3. The number of rotatable bonds is 3. The summed E-state index contributed by atoms with van der Waals surface area (Å²) >= 11 is 0. The van der Waals surface area contributed by atoms with E-state index in [0.717, 1.165) is 0 Å². The van der Waals surface area contributed by atoms with E-state index in [-0.39, 0.29) is 11.7 Å². The minimum absolute atomic E-state index is 0.140. The number of methoxy groups -OCH3 is 1. The van der Waals surface area contributed by atoms with Crippen molar-refractivity contribution < 1.29 is 13.9 Å². The molecule has 0 aromatic heterocycles. The van der Waals surface area contributed by atoms with E-state index in [0.29, 0.717) is 5.69 Å². The second-order valence-electron chi connectivity index (χ2n) is 4.40. The van der Waals surface area contributed by atoms with Crippen molar-refractivity contribution in [1.82, 2.24) is 0 Å². The molecule has 0 fully saturated rings. The maximum Gasteiger partial charge on any atom is 0.246 e. The summed E-state index contributed by atoms with van der Waals surface area (Å²) in [5.41, 5.74) is 5.14. The summed E-state index contributed by atoms with van der Waals surface area (Å²) in [5.74, 6) is -0.664. The number of halogens is 1. The van der Waals surface area contributed by atoms with Crippen LogP contribution >= 0.6 is 0 Å². The zero-order chi connectivity index (χ0) is 13.2. The summed E-state index contributed by atoms with van der Waals surface area (Å²) in [6.07, 6.45) is 0. The minimum atomic E-state index is -0.995. The Morgan fingerprint density at radius 1 is 1.47 bits per heavy atom. The molecule has 1 aromatic carbocycles. The van der Waals surface area contributed by atoms with E-state index in [1.807, 2.05) is 0 Å². The van der Waals surface area contributed by atoms with Crippen molar-refractivity contribution >= 4 is 11.6 Å². The van der Waals surface area contributed by atoms with E-state index in [2.05, 4.69) is 0 Å². The molecule has 0 aliphatic heterocycles. The molecule has 4 nitrogen and oxygen atoms in total. The number of amides is 1. The minimum Gasteiger partial charge on any atom is -0.494 e. The van der Waals surface area contributed by atoms with E-state index in [9.17, 15) is 9.18 Å². The topological polar surface area (TPSA) is 55.6 Å². The molecular formula is C12H17FN2O2. The van der Waals surface area contributed by atoms with Gasteiger partial charge in [-0.3, -0.25) is 4.79 Å². The zero-order valence-corrected chi connectivity index (χ0v) is 10.5. The quantitative estimate of drug-likeness (QED) is 0.871. The van der Waals surface area contributed by atoms with Crippen LogP contribution in [0.4, 0.5) is 10.1 Å². The average molecular weight is 240 g/mol. The maximum atomic E-state index is 13.5. The highest BCUT2D eigenvalue weighted by molar-refractivity contribution is 5.99. The van der Waals surface area contributed by atoms with Crippen LogP contribution < -0.4 is 15.4 Å². The predicted octanol–water partition coefficient (Wildman–Crippen LogP) is 1.53. The van der Waals surface area contributed by atoms with Crippen LogP contribution in [0.2, 0.25) is 0 Å². The molecule has 0 unspecified atom stereocenters. The predicted molar refractivity (Wildman–Crippen MR) is 64.6 cm³/mol. The molecular weight excluding hydrogens is 223 g/mol. The average Bonchev–Trinajstić information content (AvgIpc) is 2.25. The van der Waals surface area contributed by atoms with Gasteiger partial charge < -0.3 is 15.4 Å². The normalized spacial score (nSPS) is 11.2. The van der Waals surface area contributed by atoms with Crippen LogP contribution in [0.15, 0.2) is 18.2 Å². The van der Waals surface area contributed by atoms with Gasteiger partial charge in [-0.15, -0.1) is 0 Å². The zero-order valence-electron chi connectivity index (χ0n) is 10.5. The van der Waals surface area contributed by atoms with Crippen LogP contribution in [0.5, 0.6) is 5.75 Å². The van der Waals surface area contributed by atoms with Gasteiger partial charge in [0, 0.05) is 18.8 Å². The molecule has 0 saturated heterocycles. The van der Waals surface area contributed by atoms with Gasteiger partial charge in [0.15, 0.2) is 11.6 Å². The van der Waals surface area contributed by atoms with Crippen molar-refractivity contribution in [3.05, 3.63) is 24.0 Å². The van der Waals surface area contributed by atoms with Crippen LogP contribution in [0.3, 0.4) is 0 Å². The molecule has 0 saturated carbocycles. The molecule has 1 amide bonds. The first-order chi connectivity index (χ1) is 7.77. The highest BCUT2D eigenvalue weighted by atomic mass is 19.1. The lowest BCUT2D eigenvalue weighted by atomic mass is 10.1. The Hall–Kier alpha value is -1.62. The van der Waals surface area contributed by atoms with E-state index in [4.69, 9.17) is 10.5 Å². The second-order valence-corrected chi connectivity index (χ2v) is 4.40. The van der Waals surface area contributed by atoms with Gasteiger partial charge in [-0.1, -0.05) is 0 Å². The Labute approximate surface area is 100 Å². The number of hydrogen-bond acceptors (Lipinski definition) is 3. The molecule has 17 heavy (non-hydrogen) atoms. The van der Waals surface area contributed by atoms with E-state index >= 15 is 0 Å². The van der Waals surface area contributed by atoms with Crippen LogP contribution in [0, 0.1) is 5.82 Å². The smallest absolute Gasteiger partial charge is 0.246 e. The van der Waals surface area contributed by atoms with Crippen molar-refractivity contribution in [2.75, 3.05) is 19.1 Å². The largest absolute Gasteiger partial charge is 0.494 e. The molecule has 5 heteroatoms. The Kier molecular flexibility index (Phi) is 3.72. The number of carbonyl (C=O) groups excluding carboxylic acids is 1. The first-order valence-corrected chi connectivity index (χ1v) is 5.18. The van der Waals surface area contributed by atoms with Gasteiger partial charge in [0.2, 0.25) is 5.91 Å². The van der Waals surface area contributed by atoms with Gasteiger partial charge in [0.1, 0.15) is 0 Å². The number of benzene rings is 1. The monoisotopic (exact) mass is 240 g/mol. The van der Waals surface area contributed by atoms with E-state index < -0.39 is 11.4 Å². The fraction of sp³-hybridized carbons (Fsp3) is 0.417. The molecule has 0 aliphatic rings. The van der Waals surface area contributed by atoms with Crippen LogP contribution in [-0.4, -0.2) is 25.6 Å². The first kappa shape index (κ1) is 13.4. The third-order valence-electron chi connectivity index (χ3n) is 2.38. The highest BCUT2D eigenvalue weighted by Gasteiger charge is 2.26. The number of nitrogens with zero attached hydrogens (tertiary/aromatic N) is 1. The Morgan fingerprint density at radius 3 is 2.47 bits per heavy atom. The van der Waals surface area contributed by atoms with Crippen molar-refractivity contribution in [1.29, 1.82) is 0 Å². The molecule has 0 radical (unpaired) electrons. The summed E-state index contributed by atoms with van der Waals surface area (Å²) in [6, 6.07) is 4.31. The van der Waals surface area contributed by atoms with Gasteiger partial charge in [-0.05, 0) is 26.0 Å². The standard InChI is InChI=1S/C12H17FN2O2/c1-12(2,14)11(16)15(3)8-5-6-10(17-4)9(13)7-8/h5-7H,14H2,1-4H3. The van der Waals surface area contributed by atoms with Crippen molar-refractivity contribution in [3.63, 3.8) is 0 Å². The molecule has 2 N–H and O–H groups in total. The number of carbonyl (C=O) groups is 1. The van der Waals surface area contributed by atoms with Gasteiger partial charge in [-0.25, -0.2) is 4.39 Å². The van der Waals surface area contributed by atoms with Crippen LogP contribution in [0.25, 0.3) is 0 Å². The SMILES string of the molecule is COc1ccc(N(C)C(=O)C(C)(C)N)cc1F. The number of likely N-dealkylation sites (N-methyl/N-ethyl adjacent to an activating group) is 1. The van der Waals surface area contributed by atoms with E-state index in [1.54, 1.807) is 27.0 Å². The van der Waals surface area contributed by atoms with Gasteiger partial charge >= 0.3 is 0 Å². The lowest BCUT2D eigenvalue weighted by Gasteiger charge is -2.26. The molecule has 94 valence electrons. The lowest BCUT2D eigenvalue weighted by molar-refractivity contribution is -0.122. The number of anilines is 1. The lowest BCUT2D eigenvalue weighted by Crippen LogP contribution is -2.49. The molecule has 0 bridgehead atoms. The van der Waals surface area contributed by atoms with E-state index in [1.165, 1.54) is 24.1 Å². The Bertz CT molecular complexity index is 427. The summed E-state index contributed by atoms with van der Waals surface area (Å²) in [4.78, 5) is 13.2. The maximum absolute atomic E-state index is 13.5. The van der Waals surface area contributed by atoms with Gasteiger partial charge in [0.25, 0.3) is 0 Å². The molecule has 0 spiro atoms. The number of hydrogen-bond donors (Lipinski definition) is 1. The molecule has 0 heterocycles. The summed E-state index contributed by atoms with van der Waals surface area (Å²) in [7, 11) is 2.94. The second kappa shape index (κ2) is 4.71. The fourth-order valence-electron chi connectivity index (χ4n) is 1.41. The summed E-state index contributed by atoms with van der Waals surface area (Å²) in [6.45, 7) is 3.21. The summed E-state index contributed by atoms with van der Waals surface area (Å²) in [5, 5.41) is 0. The Morgan fingerprint density at radius 2 is 2.06 bits per heavy atom. The fourth-order valence-corrected chi connectivity index (χ4v) is 1.41. The molecule has 0 atom stereocenters. The van der Waals surface area contributed by atoms with Gasteiger partial charge in [0.05, 0.1) is 12.6 Å². The molecule has 1 aromatic rings. The molecule has 1 rings (SSSR count). The number of ether oxygens (including phenoxy) is 1. The third-order valence-corrected chi connectivity index (χ3v) is 2.38. The van der Waals surface area contributed by atoms with Crippen molar-refractivity contribution in [2.24, 2.45) is 5.73 Å². The highest BCUT2D eigenvalue weighted by Crippen LogP contribution is 2.23. The Balaban J connectivity index is 3.02. The first-order valence-electron chi connectivity index (χ1n) is 5.18. The van der Waals surface area contributed by atoms with Crippen molar-refractivity contribution in [3.8, 4) is 5.75 Å². The molecule has 0 aliphatic carbocycles. The van der Waals surface area contributed by atoms with Crippen LogP contribution in [0.1, 0.15) is 13.8 Å². The van der Waals surface area contributed by atoms with Gasteiger partial charge in [-0.2, -0.15) is 0 Å².